The van der Waals surface area contributed by atoms with Gasteiger partial charge in [0.1, 0.15) is 0 Å². The summed E-state index contributed by atoms with van der Waals surface area (Å²) in [7, 11) is 0. The third-order valence-corrected chi connectivity index (χ3v) is 6.77. The van der Waals surface area contributed by atoms with Crippen LogP contribution in [-0.4, -0.2) is 40.0 Å². The van der Waals surface area contributed by atoms with Crippen LogP contribution in [0.15, 0.2) is 24.3 Å². The number of thiophene rings is 1. The number of aromatic nitrogens is 2. The molecule has 1 aromatic carbocycles. The molecule has 0 aliphatic carbocycles. The Kier molecular flexibility index (Phi) is 4.93. The molecule has 1 saturated heterocycles. The average Bonchev–Trinajstić information content (AvgIpc) is 3.37. The Morgan fingerprint density at radius 2 is 2.11 bits per heavy atom. The lowest BCUT2D eigenvalue weighted by atomic mass is 9.95. The second-order valence-electron chi connectivity index (χ2n) is 7.39. The monoisotopic (exact) mass is 396 g/mol. The van der Waals surface area contributed by atoms with Gasteiger partial charge in [0.05, 0.1) is 10.6 Å². The minimum atomic E-state index is -0.0579. The van der Waals surface area contributed by atoms with E-state index in [4.69, 9.17) is 0 Å². The summed E-state index contributed by atoms with van der Waals surface area (Å²) in [5.74, 6) is 0.231. The van der Waals surface area contributed by atoms with E-state index >= 15 is 0 Å². The van der Waals surface area contributed by atoms with Crippen LogP contribution in [0.4, 0.5) is 0 Å². The number of carbonyl (C=O) groups excluding carboxylic acids is 2. The number of hydrogen-bond donors (Lipinski definition) is 2. The number of H-pyrrole nitrogens is 1. The molecule has 2 N–H and O–H groups in total. The number of hydrogen-bond acceptors (Lipinski definition) is 4. The molecule has 28 heavy (non-hydrogen) atoms. The Labute approximate surface area is 167 Å². The molecule has 3 heterocycles. The van der Waals surface area contributed by atoms with E-state index in [-0.39, 0.29) is 17.7 Å². The molecule has 0 saturated carbocycles. The van der Waals surface area contributed by atoms with Gasteiger partial charge < -0.3 is 10.2 Å². The first-order valence-corrected chi connectivity index (χ1v) is 10.3. The van der Waals surface area contributed by atoms with Crippen molar-refractivity contribution in [3.63, 3.8) is 0 Å². The molecule has 1 aliphatic rings. The highest BCUT2D eigenvalue weighted by molar-refractivity contribution is 7.21. The van der Waals surface area contributed by atoms with Gasteiger partial charge in [0, 0.05) is 48.4 Å². The van der Waals surface area contributed by atoms with Gasteiger partial charge in [-0.3, -0.25) is 14.7 Å². The number of aromatic amines is 1. The van der Waals surface area contributed by atoms with Crippen molar-refractivity contribution in [3.05, 3.63) is 51.7 Å². The van der Waals surface area contributed by atoms with Crippen LogP contribution >= 0.6 is 11.3 Å². The van der Waals surface area contributed by atoms with Crippen LogP contribution in [0.3, 0.4) is 0 Å². The smallest absolute Gasteiger partial charge is 0.261 e. The Bertz CT molecular complexity index is 1030. The van der Waals surface area contributed by atoms with Crippen LogP contribution in [-0.2, 0) is 11.3 Å². The number of likely N-dealkylation sites (tertiary alicyclic amines) is 1. The number of nitrogens with zero attached hydrogens (tertiary/aromatic N) is 2. The minimum absolute atomic E-state index is 0.0579. The van der Waals surface area contributed by atoms with Gasteiger partial charge in [0.25, 0.3) is 5.91 Å². The van der Waals surface area contributed by atoms with E-state index in [1.807, 2.05) is 30.9 Å². The number of aryl methyl sites for hydroxylation is 2. The highest BCUT2D eigenvalue weighted by Gasteiger charge is 2.31. The maximum atomic E-state index is 13.1. The van der Waals surface area contributed by atoms with Gasteiger partial charge in [-0.25, -0.2) is 0 Å². The van der Waals surface area contributed by atoms with Crippen molar-refractivity contribution in [2.75, 3.05) is 13.1 Å². The first-order valence-electron chi connectivity index (χ1n) is 9.51. The molecule has 0 spiro atoms. The molecule has 1 atom stereocenters. The van der Waals surface area contributed by atoms with Crippen molar-refractivity contribution in [1.82, 2.24) is 20.4 Å². The third kappa shape index (κ3) is 3.30. The molecule has 1 fully saturated rings. The summed E-state index contributed by atoms with van der Waals surface area (Å²) >= 11 is 1.54. The molecular formula is C21H24N4O2S. The van der Waals surface area contributed by atoms with Crippen molar-refractivity contribution in [2.24, 2.45) is 0 Å². The number of rotatable bonds is 4. The van der Waals surface area contributed by atoms with Crippen molar-refractivity contribution in [3.8, 4) is 0 Å². The molecule has 1 unspecified atom stereocenters. The number of amides is 2. The summed E-state index contributed by atoms with van der Waals surface area (Å²) in [6.07, 6.45) is 0.889. The van der Waals surface area contributed by atoms with Crippen LogP contribution in [0.1, 0.15) is 51.4 Å². The zero-order chi connectivity index (χ0) is 19.8. The van der Waals surface area contributed by atoms with Gasteiger partial charge in [-0.05, 0) is 37.3 Å². The summed E-state index contributed by atoms with van der Waals surface area (Å²) in [6, 6.07) is 8.15. The molecule has 6 nitrogen and oxygen atoms in total. The van der Waals surface area contributed by atoms with E-state index in [0.717, 1.165) is 50.4 Å². The van der Waals surface area contributed by atoms with E-state index in [2.05, 4.69) is 27.6 Å². The number of benzene rings is 1. The Hall–Kier alpha value is -2.67. The fraction of sp³-hybridized carbons (Fsp3) is 0.381. The number of nitrogens with one attached hydrogen (secondary N) is 2. The first-order chi connectivity index (χ1) is 13.5. The molecule has 2 amide bonds. The average molecular weight is 397 g/mol. The van der Waals surface area contributed by atoms with Gasteiger partial charge in [0.15, 0.2) is 0 Å². The van der Waals surface area contributed by atoms with Crippen LogP contribution in [0.5, 0.6) is 0 Å². The normalized spacial score (nSPS) is 16.7. The summed E-state index contributed by atoms with van der Waals surface area (Å²) in [4.78, 5) is 27.5. The summed E-state index contributed by atoms with van der Waals surface area (Å²) in [5.41, 5.74) is 3.99. The number of fused-ring (bicyclic) bond motifs is 1. The predicted octanol–water partition coefficient (Wildman–Crippen LogP) is 3.51. The molecule has 2 aromatic heterocycles. The Morgan fingerprint density at radius 3 is 2.79 bits per heavy atom. The van der Waals surface area contributed by atoms with Crippen LogP contribution in [0.25, 0.3) is 10.1 Å². The predicted molar refractivity (Wildman–Crippen MR) is 111 cm³/mol. The van der Waals surface area contributed by atoms with Crippen molar-refractivity contribution < 1.29 is 9.59 Å². The van der Waals surface area contributed by atoms with E-state index in [9.17, 15) is 9.59 Å². The summed E-state index contributed by atoms with van der Waals surface area (Å²) in [5, 5.41) is 11.4. The SMILES string of the molecule is CC(=O)N1CCC(c2c(C(=O)NCc3c(C)n[nH]c3C)sc3ccccc23)C1. The molecule has 7 heteroatoms. The first kappa shape index (κ1) is 18.7. The maximum Gasteiger partial charge on any atom is 0.261 e. The molecule has 3 aromatic rings. The van der Waals surface area contributed by atoms with E-state index in [0.29, 0.717) is 13.1 Å². The standard InChI is InChI=1S/C21H24N4O2S/c1-12-17(13(2)24-23-12)10-22-21(27)20-19(15-8-9-25(11-15)14(3)26)16-6-4-5-7-18(16)28-20/h4-7,15H,8-11H2,1-3H3,(H,22,27)(H,23,24). The second kappa shape index (κ2) is 7.39. The van der Waals surface area contributed by atoms with E-state index in [1.54, 1.807) is 6.92 Å². The van der Waals surface area contributed by atoms with Crippen LogP contribution < -0.4 is 5.32 Å². The Morgan fingerprint density at radius 1 is 1.32 bits per heavy atom. The lowest BCUT2D eigenvalue weighted by molar-refractivity contribution is -0.127. The lowest BCUT2D eigenvalue weighted by Gasteiger charge is -2.15. The molecular weight excluding hydrogens is 372 g/mol. The largest absolute Gasteiger partial charge is 0.347 e. The second-order valence-corrected chi connectivity index (χ2v) is 8.44. The fourth-order valence-corrected chi connectivity index (χ4v) is 5.21. The van der Waals surface area contributed by atoms with Gasteiger partial charge in [-0.15, -0.1) is 11.3 Å². The van der Waals surface area contributed by atoms with Crippen molar-refractivity contribution >= 4 is 33.2 Å². The summed E-state index contributed by atoms with van der Waals surface area (Å²) in [6.45, 7) is 7.38. The highest BCUT2D eigenvalue weighted by atomic mass is 32.1. The third-order valence-electron chi connectivity index (χ3n) is 5.59. The van der Waals surface area contributed by atoms with Gasteiger partial charge in [-0.1, -0.05) is 18.2 Å². The quantitative estimate of drug-likeness (QED) is 0.708. The molecule has 1 aliphatic heterocycles. The maximum absolute atomic E-state index is 13.1. The van der Waals surface area contributed by atoms with E-state index in [1.165, 1.54) is 11.3 Å². The zero-order valence-electron chi connectivity index (χ0n) is 16.3. The van der Waals surface area contributed by atoms with Gasteiger partial charge in [-0.2, -0.15) is 5.10 Å². The van der Waals surface area contributed by atoms with Gasteiger partial charge in [0.2, 0.25) is 5.91 Å². The molecule has 0 bridgehead atoms. The van der Waals surface area contributed by atoms with Crippen molar-refractivity contribution in [1.29, 1.82) is 0 Å². The van der Waals surface area contributed by atoms with E-state index < -0.39 is 0 Å². The van der Waals surface area contributed by atoms with Crippen LogP contribution in [0, 0.1) is 13.8 Å². The summed E-state index contributed by atoms with van der Waals surface area (Å²) < 4.78 is 1.11. The van der Waals surface area contributed by atoms with Crippen LogP contribution in [0.2, 0.25) is 0 Å². The van der Waals surface area contributed by atoms with Gasteiger partial charge >= 0.3 is 0 Å². The lowest BCUT2D eigenvalue weighted by Crippen LogP contribution is -2.26. The topological polar surface area (TPSA) is 78.1 Å². The zero-order valence-corrected chi connectivity index (χ0v) is 17.2. The van der Waals surface area contributed by atoms with Crippen molar-refractivity contribution in [2.45, 2.75) is 39.7 Å². The Balaban J connectivity index is 1.65. The molecule has 146 valence electrons. The minimum Gasteiger partial charge on any atom is -0.347 e. The molecule has 4 rings (SSSR count). The fourth-order valence-electron chi connectivity index (χ4n) is 4.00. The number of carbonyl (C=O) groups is 2. The molecule has 0 radical (unpaired) electrons. The highest BCUT2D eigenvalue weighted by Crippen LogP contribution is 2.40.